The summed E-state index contributed by atoms with van der Waals surface area (Å²) in [6, 6.07) is 6.17. The Morgan fingerprint density at radius 1 is 1.33 bits per heavy atom. The number of nitrogens with zero attached hydrogens (tertiary/aromatic N) is 1. The summed E-state index contributed by atoms with van der Waals surface area (Å²) in [6.45, 7) is 8.71. The molecule has 3 atom stereocenters. The van der Waals surface area contributed by atoms with Crippen LogP contribution in [0.25, 0.3) is 0 Å². The minimum absolute atomic E-state index is 0.407. The van der Waals surface area contributed by atoms with Crippen LogP contribution in [0.3, 0.4) is 0 Å². The van der Waals surface area contributed by atoms with Gasteiger partial charge in [-0.25, -0.2) is 0 Å². The Kier molecular flexibility index (Phi) is 4.33. The lowest BCUT2D eigenvalue weighted by atomic mass is 9.88. The Morgan fingerprint density at radius 3 is 2.61 bits per heavy atom. The molecule has 0 radical (unpaired) electrons. The number of anilines is 1. The van der Waals surface area contributed by atoms with E-state index in [4.69, 9.17) is 0 Å². The van der Waals surface area contributed by atoms with Crippen molar-refractivity contribution in [2.75, 3.05) is 18.0 Å². The monoisotopic (exact) mass is 311 g/mol. The molecule has 1 aliphatic heterocycles. The number of benzene rings is 1. The molecule has 0 aliphatic carbocycles. The summed E-state index contributed by atoms with van der Waals surface area (Å²) in [6.07, 6.45) is 0.849. The first-order valence-corrected chi connectivity index (χ1v) is 7.50. The van der Waals surface area contributed by atoms with E-state index in [9.17, 15) is 5.11 Å². The molecule has 1 aliphatic rings. The lowest BCUT2D eigenvalue weighted by Gasteiger charge is -2.37. The van der Waals surface area contributed by atoms with Crippen molar-refractivity contribution in [3.05, 3.63) is 28.2 Å². The summed E-state index contributed by atoms with van der Waals surface area (Å²) in [7, 11) is 0. The fourth-order valence-corrected chi connectivity index (χ4v) is 3.17. The molecule has 18 heavy (non-hydrogen) atoms. The number of piperidine rings is 1. The SMILES string of the molecule is CC1CCN(c2ccc([C@H](C)O)cc2Br)CC1C. The van der Waals surface area contributed by atoms with E-state index in [2.05, 4.69) is 40.7 Å². The van der Waals surface area contributed by atoms with Crippen molar-refractivity contribution >= 4 is 21.6 Å². The van der Waals surface area contributed by atoms with Gasteiger partial charge in [0.15, 0.2) is 0 Å². The highest BCUT2D eigenvalue weighted by molar-refractivity contribution is 9.10. The molecule has 1 saturated heterocycles. The molecule has 3 heteroatoms. The van der Waals surface area contributed by atoms with Crippen LogP contribution in [-0.2, 0) is 0 Å². The van der Waals surface area contributed by atoms with Gasteiger partial charge in [-0.2, -0.15) is 0 Å². The summed E-state index contributed by atoms with van der Waals surface area (Å²) >= 11 is 3.63. The lowest BCUT2D eigenvalue weighted by molar-refractivity contribution is 0.199. The summed E-state index contributed by atoms with van der Waals surface area (Å²) < 4.78 is 1.09. The molecule has 2 nitrogen and oxygen atoms in total. The predicted octanol–water partition coefficient (Wildman–Crippen LogP) is 3.98. The van der Waals surface area contributed by atoms with E-state index in [1.165, 1.54) is 12.1 Å². The Bertz CT molecular complexity index is 419. The average molecular weight is 312 g/mol. The molecule has 1 N–H and O–H groups in total. The predicted molar refractivity (Wildman–Crippen MR) is 79.9 cm³/mol. The molecular weight excluding hydrogens is 290 g/mol. The number of aliphatic hydroxyl groups is 1. The zero-order valence-corrected chi connectivity index (χ0v) is 12.9. The maximum atomic E-state index is 9.59. The molecule has 0 saturated carbocycles. The second-order valence-electron chi connectivity index (χ2n) is 5.58. The molecule has 2 rings (SSSR count). The summed E-state index contributed by atoms with van der Waals surface area (Å²) in [5, 5.41) is 9.59. The fourth-order valence-electron chi connectivity index (χ4n) is 2.52. The van der Waals surface area contributed by atoms with Gasteiger partial charge in [0.25, 0.3) is 0 Å². The standard InChI is InChI=1S/C15H22BrNO/c1-10-6-7-17(9-11(10)2)15-5-4-13(12(3)18)8-14(15)16/h4-5,8,10-12,18H,6-7,9H2,1-3H3/t10?,11?,12-/m0/s1. The molecule has 0 amide bonds. The first kappa shape index (κ1) is 13.9. The summed E-state index contributed by atoms with van der Waals surface area (Å²) in [5.74, 6) is 1.55. The Morgan fingerprint density at radius 2 is 2.06 bits per heavy atom. The van der Waals surface area contributed by atoms with Gasteiger partial charge in [0, 0.05) is 17.6 Å². The third-order valence-corrected chi connectivity index (χ3v) is 4.76. The van der Waals surface area contributed by atoms with Crippen LogP contribution in [0.2, 0.25) is 0 Å². The van der Waals surface area contributed by atoms with E-state index < -0.39 is 6.10 Å². The highest BCUT2D eigenvalue weighted by atomic mass is 79.9. The molecule has 1 aromatic carbocycles. The largest absolute Gasteiger partial charge is 0.389 e. The molecule has 1 aromatic rings. The van der Waals surface area contributed by atoms with Crippen LogP contribution in [0.15, 0.2) is 22.7 Å². The number of rotatable bonds is 2. The Labute approximate surface area is 118 Å². The zero-order chi connectivity index (χ0) is 13.3. The van der Waals surface area contributed by atoms with Gasteiger partial charge in [0.1, 0.15) is 0 Å². The number of hydrogen-bond donors (Lipinski definition) is 1. The topological polar surface area (TPSA) is 23.5 Å². The second-order valence-corrected chi connectivity index (χ2v) is 6.43. The summed E-state index contributed by atoms with van der Waals surface area (Å²) in [4.78, 5) is 2.45. The van der Waals surface area contributed by atoms with Crippen molar-refractivity contribution < 1.29 is 5.11 Å². The third-order valence-electron chi connectivity index (χ3n) is 4.13. The number of hydrogen-bond acceptors (Lipinski definition) is 2. The molecule has 1 fully saturated rings. The van der Waals surface area contributed by atoms with Crippen LogP contribution < -0.4 is 4.90 Å². The van der Waals surface area contributed by atoms with Crippen molar-refractivity contribution in [1.29, 1.82) is 0 Å². The van der Waals surface area contributed by atoms with Gasteiger partial charge in [-0.05, 0) is 58.8 Å². The van der Waals surface area contributed by atoms with Crippen molar-refractivity contribution in [1.82, 2.24) is 0 Å². The lowest BCUT2D eigenvalue weighted by Crippen LogP contribution is -2.38. The molecule has 0 bridgehead atoms. The molecular formula is C15H22BrNO. The highest BCUT2D eigenvalue weighted by Crippen LogP contribution is 2.33. The van der Waals surface area contributed by atoms with Crippen LogP contribution in [0.4, 0.5) is 5.69 Å². The van der Waals surface area contributed by atoms with E-state index >= 15 is 0 Å². The van der Waals surface area contributed by atoms with Gasteiger partial charge < -0.3 is 10.0 Å². The first-order chi connectivity index (χ1) is 8.49. The van der Waals surface area contributed by atoms with Crippen LogP contribution >= 0.6 is 15.9 Å². The van der Waals surface area contributed by atoms with Gasteiger partial charge >= 0.3 is 0 Å². The van der Waals surface area contributed by atoms with Gasteiger partial charge in [-0.3, -0.25) is 0 Å². The third kappa shape index (κ3) is 2.89. The maximum absolute atomic E-state index is 9.59. The van der Waals surface area contributed by atoms with E-state index in [0.717, 1.165) is 35.0 Å². The summed E-state index contributed by atoms with van der Waals surface area (Å²) in [5.41, 5.74) is 2.21. The van der Waals surface area contributed by atoms with E-state index in [-0.39, 0.29) is 0 Å². The van der Waals surface area contributed by atoms with Crippen LogP contribution in [0, 0.1) is 11.8 Å². The van der Waals surface area contributed by atoms with Gasteiger partial charge in [-0.15, -0.1) is 0 Å². The minimum Gasteiger partial charge on any atom is -0.389 e. The van der Waals surface area contributed by atoms with Crippen LogP contribution in [-0.4, -0.2) is 18.2 Å². The first-order valence-electron chi connectivity index (χ1n) is 6.71. The number of halogens is 1. The smallest absolute Gasteiger partial charge is 0.0762 e. The maximum Gasteiger partial charge on any atom is 0.0762 e. The Balaban J connectivity index is 2.19. The highest BCUT2D eigenvalue weighted by Gasteiger charge is 2.24. The van der Waals surface area contributed by atoms with Crippen molar-refractivity contribution in [3.8, 4) is 0 Å². The van der Waals surface area contributed by atoms with Crippen LogP contribution in [0.1, 0.15) is 38.9 Å². The van der Waals surface area contributed by atoms with Gasteiger partial charge in [0.2, 0.25) is 0 Å². The fraction of sp³-hybridized carbons (Fsp3) is 0.600. The van der Waals surface area contributed by atoms with Gasteiger partial charge in [-0.1, -0.05) is 19.9 Å². The average Bonchev–Trinajstić information content (AvgIpc) is 2.32. The van der Waals surface area contributed by atoms with Crippen LogP contribution in [0.5, 0.6) is 0 Å². The van der Waals surface area contributed by atoms with Gasteiger partial charge in [0.05, 0.1) is 11.8 Å². The van der Waals surface area contributed by atoms with E-state index in [1.54, 1.807) is 6.92 Å². The molecule has 0 spiro atoms. The molecule has 2 unspecified atom stereocenters. The van der Waals surface area contributed by atoms with E-state index in [1.807, 2.05) is 12.1 Å². The normalized spacial score (nSPS) is 26.2. The molecule has 0 aromatic heterocycles. The second kappa shape index (κ2) is 5.62. The van der Waals surface area contributed by atoms with Crippen molar-refractivity contribution in [3.63, 3.8) is 0 Å². The Hall–Kier alpha value is -0.540. The minimum atomic E-state index is -0.407. The van der Waals surface area contributed by atoms with Crippen molar-refractivity contribution in [2.24, 2.45) is 11.8 Å². The molecule has 100 valence electrons. The van der Waals surface area contributed by atoms with Crippen molar-refractivity contribution in [2.45, 2.75) is 33.3 Å². The number of aliphatic hydroxyl groups excluding tert-OH is 1. The molecule has 1 heterocycles. The zero-order valence-electron chi connectivity index (χ0n) is 11.4. The van der Waals surface area contributed by atoms with E-state index in [0.29, 0.717) is 0 Å². The quantitative estimate of drug-likeness (QED) is 0.893.